The van der Waals surface area contributed by atoms with Crippen molar-refractivity contribution in [2.45, 2.75) is 50.4 Å². The third kappa shape index (κ3) is 1.32. The summed E-state index contributed by atoms with van der Waals surface area (Å²) in [5, 5.41) is 10.5. The zero-order valence-electron chi connectivity index (χ0n) is 8.92. The van der Waals surface area contributed by atoms with Gasteiger partial charge in [0.25, 0.3) is 0 Å². The maximum Gasteiger partial charge on any atom is 0.0962 e. The lowest BCUT2D eigenvalue weighted by Crippen LogP contribution is -2.07. The van der Waals surface area contributed by atoms with Crippen LogP contribution in [0.2, 0.25) is 0 Å². The summed E-state index contributed by atoms with van der Waals surface area (Å²) in [4.78, 5) is 5.91. The number of thiazole rings is 1. The summed E-state index contributed by atoms with van der Waals surface area (Å²) >= 11 is 1.80. The Labute approximate surface area is 94.0 Å². The van der Waals surface area contributed by atoms with Crippen LogP contribution in [0.3, 0.4) is 0 Å². The number of aryl methyl sites for hydroxylation is 1. The van der Waals surface area contributed by atoms with Gasteiger partial charge in [-0.25, -0.2) is 4.98 Å². The maximum atomic E-state index is 9.18. The minimum Gasteiger partial charge on any atom is -0.246 e. The van der Waals surface area contributed by atoms with Gasteiger partial charge in [-0.3, -0.25) is 0 Å². The van der Waals surface area contributed by atoms with E-state index in [4.69, 9.17) is 0 Å². The second-order valence-corrected chi connectivity index (χ2v) is 5.82. The first kappa shape index (κ1) is 9.35. The molecule has 2 aliphatic rings. The summed E-state index contributed by atoms with van der Waals surface area (Å²) in [5.41, 5.74) is 0.977. The molecule has 2 saturated carbocycles. The van der Waals surface area contributed by atoms with E-state index >= 15 is 0 Å². The zero-order valence-corrected chi connectivity index (χ0v) is 9.73. The molecule has 0 unspecified atom stereocenters. The van der Waals surface area contributed by atoms with Crippen molar-refractivity contribution < 1.29 is 0 Å². The molecule has 1 aromatic heterocycles. The van der Waals surface area contributed by atoms with E-state index in [-0.39, 0.29) is 5.41 Å². The van der Waals surface area contributed by atoms with Gasteiger partial charge in [-0.1, -0.05) is 6.42 Å². The number of hydrogen-bond acceptors (Lipinski definition) is 3. The Morgan fingerprint density at radius 1 is 1.47 bits per heavy atom. The normalized spacial score (nSPS) is 23.2. The van der Waals surface area contributed by atoms with E-state index < -0.39 is 0 Å². The predicted molar refractivity (Wildman–Crippen MR) is 60.0 cm³/mol. The van der Waals surface area contributed by atoms with Crippen LogP contribution in [-0.2, 0) is 5.41 Å². The Morgan fingerprint density at radius 2 is 2.20 bits per heavy atom. The first-order chi connectivity index (χ1) is 7.25. The Hall–Kier alpha value is -0.880. The van der Waals surface area contributed by atoms with Gasteiger partial charge in [0.1, 0.15) is 0 Å². The van der Waals surface area contributed by atoms with Gasteiger partial charge in [-0.05, 0) is 32.6 Å². The SMILES string of the molecule is Cc1nc(C2CCC2)sc1C1(C#N)CC1. The minimum atomic E-state index is -0.135. The molecule has 1 aromatic rings. The molecule has 2 nitrogen and oxygen atoms in total. The number of rotatable bonds is 2. The van der Waals surface area contributed by atoms with Crippen LogP contribution in [0.25, 0.3) is 0 Å². The van der Waals surface area contributed by atoms with Gasteiger partial charge >= 0.3 is 0 Å². The molecular weight excluding hydrogens is 204 g/mol. The molecular formula is C12H14N2S. The summed E-state index contributed by atoms with van der Waals surface area (Å²) in [6.07, 6.45) is 6.02. The number of aromatic nitrogens is 1. The molecule has 0 N–H and O–H groups in total. The smallest absolute Gasteiger partial charge is 0.0962 e. The lowest BCUT2D eigenvalue weighted by atomic mass is 9.86. The van der Waals surface area contributed by atoms with Gasteiger partial charge in [0.15, 0.2) is 0 Å². The average Bonchev–Trinajstić information content (AvgIpc) is 2.84. The van der Waals surface area contributed by atoms with E-state index in [1.165, 1.54) is 29.1 Å². The molecule has 0 aromatic carbocycles. The van der Waals surface area contributed by atoms with Crippen LogP contribution in [0.4, 0.5) is 0 Å². The fourth-order valence-corrected chi connectivity index (χ4v) is 3.64. The van der Waals surface area contributed by atoms with Crippen molar-refractivity contribution in [3.8, 4) is 6.07 Å². The number of nitrogens with zero attached hydrogens (tertiary/aromatic N) is 2. The summed E-state index contributed by atoms with van der Waals surface area (Å²) in [6.45, 7) is 2.06. The number of hydrogen-bond donors (Lipinski definition) is 0. The highest BCUT2D eigenvalue weighted by Gasteiger charge is 2.48. The van der Waals surface area contributed by atoms with Crippen molar-refractivity contribution >= 4 is 11.3 Å². The third-order valence-corrected chi connectivity index (χ3v) is 5.19. The van der Waals surface area contributed by atoms with Crippen LogP contribution >= 0.6 is 11.3 Å². The van der Waals surface area contributed by atoms with Crippen LogP contribution in [0.5, 0.6) is 0 Å². The minimum absolute atomic E-state index is 0.135. The lowest BCUT2D eigenvalue weighted by Gasteiger charge is -2.22. The van der Waals surface area contributed by atoms with Crippen molar-refractivity contribution in [1.29, 1.82) is 5.26 Å². The Kier molecular flexibility index (Phi) is 1.90. The van der Waals surface area contributed by atoms with Crippen molar-refractivity contribution in [2.75, 3.05) is 0 Å². The summed E-state index contributed by atoms with van der Waals surface area (Å²) < 4.78 is 0. The van der Waals surface area contributed by atoms with E-state index in [1.807, 2.05) is 0 Å². The van der Waals surface area contributed by atoms with Crippen molar-refractivity contribution in [2.24, 2.45) is 0 Å². The monoisotopic (exact) mass is 218 g/mol. The van der Waals surface area contributed by atoms with Crippen molar-refractivity contribution in [3.05, 3.63) is 15.6 Å². The molecule has 0 spiro atoms. The molecule has 2 fully saturated rings. The van der Waals surface area contributed by atoms with Crippen LogP contribution in [0, 0.1) is 18.3 Å². The van der Waals surface area contributed by atoms with Crippen molar-refractivity contribution in [3.63, 3.8) is 0 Å². The van der Waals surface area contributed by atoms with Gasteiger partial charge < -0.3 is 0 Å². The summed E-state index contributed by atoms with van der Waals surface area (Å²) in [7, 11) is 0. The van der Waals surface area contributed by atoms with E-state index in [2.05, 4.69) is 18.0 Å². The zero-order chi connectivity index (χ0) is 10.5. The highest BCUT2D eigenvalue weighted by molar-refractivity contribution is 7.12. The fraction of sp³-hybridized carbons (Fsp3) is 0.667. The first-order valence-electron chi connectivity index (χ1n) is 5.64. The molecule has 0 amide bonds. The van der Waals surface area contributed by atoms with Gasteiger partial charge in [0, 0.05) is 10.8 Å². The quantitative estimate of drug-likeness (QED) is 0.763. The third-order valence-electron chi connectivity index (χ3n) is 3.67. The summed E-state index contributed by atoms with van der Waals surface area (Å²) in [6, 6.07) is 2.47. The highest BCUT2D eigenvalue weighted by Crippen LogP contribution is 2.52. The van der Waals surface area contributed by atoms with E-state index in [0.29, 0.717) is 5.92 Å². The standard InChI is InChI=1S/C12H14N2S/c1-8-10(12(7-13)5-6-12)15-11(14-8)9-3-2-4-9/h9H,2-6H2,1H3. The van der Waals surface area contributed by atoms with E-state index in [1.54, 1.807) is 11.3 Å². The molecule has 3 rings (SSSR count). The van der Waals surface area contributed by atoms with Crippen LogP contribution in [0.1, 0.15) is 53.6 Å². The van der Waals surface area contributed by atoms with Crippen LogP contribution in [-0.4, -0.2) is 4.98 Å². The Balaban J connectivity index is 1.95. The maximum absolute atomic E-state index is 9.18. The Bertz CT molecular complexity index is 433. The topological polar surface area (TPSA) is 36.7 Å². The highest BCUT2D eigenvalue weighted by atomic mass is 32.1. The van der Waals surface area contributed by atoms with E-state index in [9.17, 15) is 5.26 Å². The van der Waals surface area contributed by atoms with Crippen LogP contribution in [0.15, 0.2) is 0 Å². The second kappa shape index (κ2) is 3.05. The lowest BCUT2D eigenvalue weighted by molar-refractivity contribution is 0.418. The average molecular weight is 218 g/mol. The van der Waals surface area contributed by atoms with Gasteiger partial charge in [-0.2, -0.15) is 5.26 Å². The van der Waals surface area contributed by atoms with Gasteiger partial charge in [0.2, 0.25) is 0 Å². The molecule has 0 radical (unpaired) electrons. The molecule has 0 atom stereocenters. The largest absolute Gasteiger partial charge is 0.246 e. The molecule has 78 valence electrons. The molecule has 0 bridgehead atoms. The molecule has 15 heavy (non-hydrogen) atoms. The first-order valence-corrected chi connectivity index (χ1v) is 6.46. The van der Waals surface area contributed by atoms with Gasteiger partial charge in [0.05, 0.1) is 22.2 Å². The molecule has 0 saturated heterocycles. The van der Waals surface area contributed by atoms with Crippen molar-refractivity contribution in [1.82, 2.24) is 4.98 Å². The summed E-state index contributed by atoms with van der Waals surface area (Å²) in [5.74, 6) is 0.706. The molecule has 2 aliphatic carbocycles. The number of nitriles is 1. The predicted octanol–water partition coefficient (Wildman–Crippen LogP) is 3.27. The molecule has 0 aliphatic heterocycles. The molecule has 3 heteroatoms. The van der Waals surface area contributed by atoms with E-state index in [0.717, 1.165) is 18.5 Å². The van der Waals surface area contributed by atoms with Crippen LogP contribution < -0.4 is 0 Å². The Morgan fingerprint density at radius 3 is 2.67 bits per heavy atom. The molecule has 1 heterocycles. The second-order valence-electron chi connectivity index (χ2n) is 4.79. The van der Waals surface area contributed by atoms with Gasteiger partial charge in [-0.15, -0.1) is 11.3 Å². The fourth-order valence-electron chi connectivity index (χ4n) is 2.21.